The van der Waals surface area contributed by atoms with E-state index in [1.54, 1.807) is 10.7 Å². The number of benzene rings is 3. The van der Waals surface area contributed by atoms with Crippen LogP contribution in [0.25, 0.3) is 16.5 Å². The molecule has 0 atom stereocenters. The minimum Gasteiger partial charge on any atom is -0.392 e. The number of carbonyl (C=O) groups excluding carboxylic acids is 1. The van der Waals surface area contributed by atoms with Crippen molar-refractivity contribution in [3.8, 4) is 5.69 Å². The molecule has 3 N–H and O–H groups in total. The molecule has 4 aromatic rings. The lowest BCUT2D eigenvalue weighted by Crippen LogP contribution is -2.22. The third-order valence-corrected chi connectivity index (χ3v) is 5.33. The first-order valence-corrected chi connectivity index (χ1v) is 10.7. The molecule has 3 aromatic carbocycles. The number of anilines is 2. The maximum absolute atomic E-state index is 14.0. The molecule has 0 aliphatic heterocycles. The monoisotopic (exact) mass is 450 g/mol. The number of aliphatic hydroxyl groups is 1. The first-order valence-electron chi connectivity index (χ1n) is 10.7. The van der Waals surface area contributed by atoms with Gasteiger partial charge < -0.3 is 10.4 Å². The molecule has 0 spiro atoms. The van der Waals surface area contributed by atoms with E-state index in [0.29, 0.717) is 11.5 Å². The van der Waals surface area contributed by atoms with Gasteiger partial charge in [-0.15, -0.1) is 0 Å². The molecule has 0 fully saturated rings. The molecule has 0 aliphatic carbocycles. The number of nitrogens with zero attached hydrogens (tertiary/aromatic N) is 2. The Morgan fingerprint density at radius 3 is 2.67 bits per heavy atom. The Bertz CT molecular complexity index is 1300. The molecular weight excluding hydrogens is 426 g/mol. The predicted octanol–water partition coefficient (Wildman–Crippen LogP) is 5.78. The standard InChI is InChI=1S/C25H24F2N4O2/c1-2-3-8-18-14-23(29-25(33)28-22-11-6-10-21(26)24(22)27)31(30-18)19-12-16-7-4-5-9-20(16)17(13-19)15-32/h4-7,9-14,32H,2-3,8,15H2,1H3,(H2,28,29,33). The van der Waals surface area contributed by atoms with Crippen molar-refractivity contribution < 1.29 is 18.7 Å². The highest BCUT2D eigenvalue weighted by atomic mass is 19.2. The number of unbranched alkanes of at least 4 members (excludes halogenated alkanes) is 1. The van der Waals surface area contributed by atoms with Crippen LogP contribution in [0.2, 0.25) is 0 Å². The third kappa shape index (κ3) is 4.85. The Labute approximate surface area is 189 Å². The van der Waals surface area contributed by atoms with Crippen molar-refractivity contribution >= 4 is 28.3 Å². The highest BCUT2D eigenvalue weighted by Crippen LogP contribution is 2.26. The molecule has 1 aromatic heterocycles. The summed E-state index contributed by atoms with van der Waals surface area (Å²) in [5.74, 6) is -1.81. The zero-order valence-corrected chi connectivity index (χ0v) is 18.1. The number of aryl methyl sites for hydroxylation is 1. The number of hydrogen-bond acceptors (Lipinski definition) is 3. The fourth-order valence-electron chi connectivity index (χ4n) is 3.69. The Morgan fingerprint density at radius 1 is 1.06 bits per heavy atom. The summed E-state index contributed by atoms with van der Waals surface area (Å²) in [4.78, 5) is 12.6. The van der Waals surface area contributed by atoms with Gasteiger partial charge in [0, 0.05) is 6.07 Å². The SMILES string of the molecule is CCCCc1cc(NC(=O)Nc2cccc(F)c2F)n(-c2cc(CO)c3ccccc3c2)n1. The molecule has 1 heterocycles. The van der Waals surface area contributed by atoms with E-state index in [0.717, 1.165) is 47.4 Å². The number of urea groups is 1. The van der Waals surface area contributed by atoms with Crippen molar-refractivity contribution in [3.63, 3.8) is 0 Å². The van der Waals surface area contributed by atoms with Gasteiger partial charge in [0.05, 0.1) is 23.7 Å². The Balaban J connectivity index is 1.70. The summed E-state index contributed by atoms with van der Waals surface area (Å²) in [7, 11) is 0. The van der Waals surface area contributed by atoms with Crippen LogP contribution in [-0.4, -0.2) is 20.9 Å². The van der Waals surface area contributed by atoms with Gasteiger partial charge >= 0.3 is 6.03 Å². The van der Waals surface area contributed by atoms with Crippen LogP contribution in [0.5, 0.6) is 0 Å². The van der Waals surface area contributed by atoms with Gasteiger partial charge in [-0.25, -0.2) is 18.3 Å². The van der Waals surface area contributed by atoms with Crippen molar-refractivity contribution in [1.82, 2.24) is 9.78 Å². The maximum Gasteiger partial charge on any atom is 0.324 e. The van der Waals surface area contributed by atoms with Gasteiger partial charge in [0.15, 0.2) is 11.6 Å². The second-order valence-electron chi connectivity index (χ2n) is 7.70. The maximum atomic E-state index is 14.0. The highest BCUT2D eigenvalue weighted by molar-refractivity contribution is 5.99. The fourth-order valence-corrected chi connectivity index (χ4v) is 3.69. The van der Waals surface area contributed by atoms with Crippen LogP contribution in [0.15, 0.2) is 60.7 Å². The van der Waals surface area contributed by atoms with Gasteiger partial charge in [-0.1, -0.05) is 43.7 Å². The Kier molecular flexibility index (Phi) is 6.65. The molecule has 4 rings (SSSR count). The largest absolute Gasteiger partial charge is 0.392 e. The zero-order chi connectivity index (χ0) is 23.4. The summed E-state index contributed by atoms with van der Waals surface area (Å²) in [5, 5.41) is 21.4. The molecule has 0 aliphatic rings. The van der Waals surface area contributed by atoms with Gasteiger partial charge in [0.1, 0.15) is 5.82 Å². The normalized spacial score (nSPS) is 11.0. The number of amides is 2. The van der Waals surface area contributed by atoms with Crippen LogP contribution in [0.4, 0.5) is 25.1 Å². The van der Waals surface area contributed by atoms with Gasteiger partial charge in [0.25, 0.3) is 0 Å². The van der Waals surface area contributed by atoms with Crippen molar-refractivity contribution in [2.24, 2.45) is 0 Å². The van der Waals surface area contributed by atoms with Gasteiger partial charge in [-0.05, 0) is 53.4 Å². The minimum absolute atomic E-state index is 0.152. The number of aliphatic hydroxyl groups excluding tert-OH is 1. The van der Waals surface area contributed by atoms with E-state index in [1.165, 1.54) is 12.1 Å². The summed E-state index contributed by atoms with van der Waals surface area (Å²) in [6.45, 7) is 1.93. The average molecular weight is 450 g/mol. The molecular formula is C25H24F2N4O2. The van der Waals surface area contributed by atoms with E-state index in [9.17, 15) is 18.7 Å². The van der Waals surface area contributed by atoms with Crippen molar-refractivity contribution in [2.75, 3.05) is 10.6 Å². The lowest BCUT2D eigenvalue weighted by atomic mass is 10.0. The number of carbonyl (C=O) groups is 1. The minimum atomic E-state index is -1.13. The van der Waals surface area contributed by atoms with Crippen LogP contribution in [0.3, 0.4) is 0 Å². The Hall–Kier alpha value is -3.78. The number of halogens is 2. The summed E-state index contributed by atoms with van der Waals surface area (Å²) < 4.78 is 29.0. The summed E-state index contributed by atoms with van der Waals surface area (Å²) >= 11 is 0. The van der Waals surface area contributed by atoms with Gasteiger partial charge in [-0.3, -0.25) is 5.32 Å². The van der Waals surface area contributed by atoms with Crippen molar-refractivity contribution in [1.29, 1.82) is 0 Å². The number of aromatic nitrogens is 2. The molecule has 0 saturated carbocycles. The van der Waals surface area contributed by atoms with E-state index >= 15 is 0 Å². The molecule has 33 heavy (non-hydrogen) atoms. The zero-order valence-electron chi connectivity index (χ0n) is 18.1. The van der Waals surface area contributed by atoms with Crippen LogP contribution in [0.1, 0.15) is 31.0 Å². The molecule has 170 valence electrons. The van der Waals surface area contributed by atoms with Crippen LogP contribution in [-0.2, 0) is 13.0 Å². The third-order valence-electron chi connectivity index (χ3n) is 5.33. The first-order chi connectivity index (χ1) is 16.0. The lowest BCUT2D eigenvalue weighted by molar-refractivity contribution is 0.262. The van der Waals surface area contributed by atoms with Crippen LogP contribution in [0, 0.1) is 11.6 Å². The molecule has 0 unspecified atom stereocenters. The molecule has 2 amide bonds. The molecule has 0 saturated heterocycles. The van der Waals surface area contributed by atoms with Gasteiger partial charge in [0.2, 0.25) is 0 Å². The highest BCUT2D eigenvalue weighted by Gasteiger charge is 2.16. The number of hydrogen-bond donors (Lipinski definition) is 3. The van der Waals surface area contributed by atoms with E-state index in [2.05, 4.69) is 22.7 Å². The number of fused-ring (bicyclic) bond motifs is 1. The molecule has 0 radical (unpaired) electrons. The fraction of sp³-hybridized carbons (Fsp3) is 0.200. The van der Waals surface area contributed by atoms with Crippen molar-refractivity contribution in [2.45, 2.75) is 32.8 Å². The smallest absolute Gasteiger partial charge is 0.324 e. The molecule has 6 nitrogen and oxygen atoms in total. The van der Waals surface area contributed by atoms with E-state index < -0.39 is 17.7 Å². The summed E-state index contributed by atoms with van der Waals surface area (Å²) in [5.41, 5.74) is 1.90. The number of nitrogens with one attached hydrogen (secondary N) is 2. The summed E-state index contributed by atoms with van der Waals surface area (Å²) in [6.07, 6.45) is 2.63. The quantitative estimate of drug-likeness (QED) is 0.334. The lowest BCUT2D eigenvalue weighted by Gasteiger charge is -2.13. The van der Waals surface area contributed by atoms with E-state index in [1.807, 2.05) is 36.4 Å². The number of rotatable bonds is 7. The van der Waals surface area contributed by atoms with E-state index in [-0.39, 0.29) is 12.3 Å². The van der Waals surface area contributed by atoms with Crippen LogP contribution >= 0.6 is 0 Å². The predicted molar refractivity (Wildman–Crippen MR) is 125 cm³/mol. The topological polar surface area (TPSA) is 79.2 Å². The summed E-state index contributed by atoms with van der Waals surface area (Å²) in [6, 6.07) is 16.0. The molecule has 0 bridgehead atoms. The van der Waals surface area contributed by atoms with Gasteiger partial charge in [-0.2, -0.15) is 5.10 Å². The second-order valence-corrected chi connectivity index (χ2v) is 7.70. The first kappa shape index (κ1) is 22.4. The average Bonchev–Trinajstić information content (AvgIpc) is 3.22. The van der Waals surface area contributed by atoms with E-state index in [4.69, 9.17) is 0 Å². The molecule has 8 heteroatoms. The Morgan fingerprint density at radius 2 is 1.88 bits per heavy atom. The van der Waals surface area contributed by atoms with Crippen LogP contribution < -0.4 is 10.6 Å². The van der Waals surface area contributed by atoms with Crippen molar-refractivity contribution in [3.05, 3.63) is 83.6 Å². The second kappa shape index (κ2) is 9.79.